The molecule has 0 saturated carbocycles. The van der Waals surface area contributed by atoms with E-state index in [1.54, 1.807) is 6.08 Å². The second-order valence-electron chi connectivity index (χ2n) is 6.89. The third-order valence-corrected chi connectivity index (χ3v) is 4.91. The smallest absolute Gasteiger partial charge is 0.268 e. The fourth-order valence-electron chi connectivity index (χ4n) is 3.39. The Labute approximate surface area is 160 Å². The summed E-state index contributed by atoms with van der Waals surface area (Å²) in [7, 11) is 1.53. The molecule has 1 aliphatic rings. The molecule has 0 aliphatic carbocycles. The van der Waals surface area contributed by atoms with Crippen molar-refractivity contribution in [1.29, 1.82) is 5.41 Å². The van der Waals surface area contributed by atoms with Crippen molar-refractivity contribution >= 4 is 11.6 Å². The fourth-order valence-corrected chi connectivity index (χ4v) is 3.39. The number of benzene rings is 2. The number of piperidine rings is 1. The van der Waals surface area contributed by atoms with Crippen molar-refractivity contribution in [2.75, 3.05) is 7.05 Å². The van der Waals surface area contributed by atoms with Crippen LogP contribution in [0.15, 0.2) is 66.4 Å². The average molecular weight is 362 g/mol. The van der Waals surface area contributed by atoms with Gasteiger partial charge in [0, 0.05) is 24.8 Å². The maximum absolute atomic E-state index is 11.6. The van der Waals surface area contributed by atoms with E-state index in [9.17, 15) is 4.79 Å². The SMILES string of the molecule is CNC(=O)C(=N)/C=C1/CCC(N)C(Cc2cccc(-c3ccccc3)c2)N1. The highest BCUT2D eigenvalue weighted by molar-refractivity contribution is 6.42. The van der Waals surface area contributed by atoms with Gasteiger partial charge in [-0.15, -0.1) is 0 Å². The number of hydrogen-bond acceptors (Lipinski definition) is 4. The molecule has 5 nitrogen and oxygen atoms in total. The second-order valence-corrected chi connectivity index (χ2v) is 6.89. The first-order valence-electron chi connectivity index (χ1n) is 9.24. The van der Waals surface area contributed by atoms with E-state index in [2.05, 4.69) is 47.0 Å². The molecule has 2 atom stereocenters. The molecule has 5 heteroatoms. The number of nitrogens with two attached hydrogens (primary N) is 1. The lowest BCUT2D eigenvalue weighted by atomic mass is 9.90. The van der Waals surface area contributed by atoms with Crippen LogP contribution in [-0.2, 0) is 11.2 Å². The summed E-state index contributed by atoms with van der Waals surface area (Å²) in [6.07, 6.45) is 3.99. The van der Waals surface area contributed by atoms with Gasteiger partial charge in [-0.1, -0.05) is 54.6 Å². The Bertz CT molecular complexity index is 844. The van der Waals surface area contributed by atoms with Crippen LogP contribution in [0.25, 0.3) is 11.1 Å². The van der Waals surface area contributed by atoms with Gasteiger partial charge in [-0.3, -0.25) is 10.2 Å². The van der Waals surface area contributed by atoms with Gasteiger partial charge >= 0.3 is 0 Å². The van der Waals surface area contributed by atoms with Crippen LogP contribution >= 0.6 is 0 Å². The molecule has 1 fully saturated rings. The molecular formula is C22H26N4O. The molecular weight excluding hydrogens is 336 g/mol. The van der Waals surface area contributed by atoms with Crippen molar-refractivity contribution in [3.8, 4) is 11.1 Å². The van der Waals surface area contributed by atoms with Gasteiger partial charge in [0.15, 0.2) is 0 Å². The molecule has 0 bridgehead atoms. The molecule has 0 aromatic heterocycles. The molecule has 2 unspecified atom stereocenters. The topological polar surface area (TPSA) is 91.0 Å². The summed E-state index contributed by atoms with van der Waals surface area (Å²) < 4.78 is 0. The first kappa shape index (κ1) is 18.9. The van der Waals surface area contributed by atoms with E-state index in [4.69, 9.17) is 11.1 Å². The highest BCUT2D eigenvalue weighted by Gasteiger charge is 2.24. The molecule has 1 amide bonds. The van der Waals surface area contributed by atoms with Gasteiger partial charge in [0.25, 0.3) is 5.91 Å². The summed E-state index contributed by atoms with van der Waals surface area (Å²) in [5.41, 5.74) is 10.8. The van der Waals surface area contributed by atoms with E-state index in [0.29, 0.717) is 0 Å². The summed E-state index contributed by atoms with van der Waals surface area (Å²) in [6.45, 7) is 0. The highest BCUT2D eigenvalue weighted by atomic mass is 16.1. The van der Waals surface area contributed by atoms with Crippen LogP contribution in [0.4, 0.5) is 0 Å². The Hall–Kier alpha value is -2.92. The van der Waals surface area contributed by atoms with E-state index < -0.39 is 0 Å². The minimum absolute atomic E-state index is 0.0386. The van der Waals surface area contributed by atoms with Crippen molar-refractivity contribution in [2.45, 2.75) is 31.3 Å². The summed E-state index contributed by atoms with van der Waals surface area (Å²) in [5.74, 6) is -0.383. The molecule has 3 rings (SSSR count). The molecule has 2 aromatic rings. The Morgan fingerprint density at radius 3 is 2.70 bits per heavy atom. The predicted octanol–water partition coefficient (Wildman–Crippen LogP) is 2.63. The van der Waals surface area contributed by atoms with Crippen LogP contribution in [0.1, 0.15) is 18.4 Å². The summed E-state index contributed by atoms with van der Waals surface area (Å²) in [5, 5.41) is 13.7. The van der Waals surface area contributed by atoms with Gasteiger partial charge < -0.3 is 16.4 Å². The maximum Gasteiger partial charge on any atom is 0.268 e. The molecule has 27 heavy (non-hydrogen) atoms. The van der Waals surface area contributed by atoms with Gasteiger partial charge in [0.05, 0.1) is 0 Å². The molecule has 1 heterocycles. The molecule has 2 aromatic carbocycles. The van der Waals surface area contributed by atoms with Crippen molar-refractivity contribution in [2.24, 2.45) is 5.73 Å². The van der Waals surface area contributed by atoms with E-state index >= 15 is 0 Å². The minimum atomic E-state index is -0.383. The first-order valence-corrected chi connectivity index (χ1v) is 9.24. The minimum Gasteiger partial charge on any atom is -0.384 e. The number of nitrogens with one attached hydrogen (secondary N) is 3. The zero-order valence-electron chi connectivity index (χ0n) is 15.5. The summed E-state index contributed by atoms with van der Waals surface area (Å²) in [4.78, 5) is 11.6. The van der Waals surface area contributed by atoms with Crippen molar-refractivity contribution in [1.82, 2.24) is 10.6 Å². The van der Waals surface area contributed by atoms with E-state index in [0.717, 1.165) is 25.0 Å². The Morgan fingerprint density at radius 1 is 1.22 bits per heavy atom. The van der Waals surface area contributed by atoms with Crippen LogP contribution in [0.5, 0.6) is 0 Å². The number of rotatable bonds is 5. The van der Waals surface area contributed by atoms with Gasteiger partial charge in [0.2, 0.25) is 0 Å². The van der Waals surface area contributed by atoms with Crippen LogP contribution in [-0.4, -0.2) is 30.8 Å². The highest BCUT2D eigenvalue weighted by Crippen LogP contribution is 2.23. The van der Waals surface area contributed by atoms with Crippen LogP contribution in [0.2, 0.25) is 0 Å². The number of carbonyl (C=O) groups is 1. The predicted molar refractivity (Wildman–Crippen MR) is 110 cm³/mol. The molecule has 1 aliphatic heterocycles. The zero-order valence-corrected chi connectivity index (χ0v) is 15.5. The van der Waals surface area contributed by atoms with Crippen LogP contribution in [0.3, 0.4) is 0 Å². The zero-order chi connectivity index (χ0) is 19.2. The standard InChI is InChI=1S/C22H26N4O/c1-25-22(27)20(24)14-18-10-11-19(23)21(26-18)13-15-6-5-9-17(12-15)16-7-3-2-4-8-16/h2-9,12,14,19,21,24,26H,10-11,13,23H2,1H3,(H,25,27)/b18-14-,24-20?. The number of carbonyl (C=O) groups excluding carboxylic acids is 1. The third kappa shape index (κ3) is 4.83. The average Bonchev–Trinajstić information content (AvgIpc) is 2.70. The van der Waals surface area contributed by atoms with Gasteiger partial charge in [-0.25, -0.2) is 0 Å². The molecule has 0 spiro atoms. The summed E-state index contributed by atoms with van der Waals surface area (Å²) in [6, 6.07) is 18.9. The Morgan fingerprint density at radius 2 is 1.96 bits per heavy atom. The molecule has 1 saturated heterocycles. The lowest BCUT2D eigenvalue weighted by Gasteiger charge is -2.33. The number of allylic oxidation sites excluding steroid dienone is 1. The largest absolute Gasteiger partial charge is 0.384 e. The molecule has 140 valence electrons. The summed E-state index contributed by atoms with van der Waals surface area (Å²) >= 11 is 0. The van der Waals surface area contributed by atoms with Crippen molar-refractivity contribution in [3.63, 3.8) is 0 Å². The monoisotopic (exact) mass is 362 g/mol. The van der Waals surface area contributed by atoms with Gasteiger partial charge in [-0.2, -0.15) is 0 Å². The number of amides is 1. The van der Waals surface area contributed by atoms with Crippen LogP contribution < -0.4 is 16.4 Å². The lowest BCUT2D eigenvalue weighted by Crippen LogP contribution is -2.49. The van der Waals surface area contributed by atoms with E-state index in [1.807, 2.05) is 18.2 Å². The lowest BCUT2D eigenvalue weighted by molar-refractivity contribution is -0.114. The van der Waals surface area contributed by atoms with Gasteiger partial charge in [0.1, 0.15) is 5.71 Å². The fraction of sp³-hybridized carbons (Fsp3) is 0.273. The van der Waals surface area contributed by atoms with Crippen molar-refractivity contribution < 1.29 is 4.79 Å². The number of hydrogen-bond donors (Lipinski definition) is 4. The van der Waals surface area contributed by atoms with E-state index in [-0.39, 0.29) is 23.7 Å². The quantitative estimate of drug-likeness (QED) is 0.616. The van der Waals surface area contributed by atoms with E-state index in [1.165, 1.54) is 23.7 Å². The second kappa shape index (κ2) is 8.64. The Balaban J connectivity index is 1.73. The molecule has 0 radical (unpaired) electrons. The maximum atomic E-state index is 11.6. The first-order chi connectivity index (χ1) is 13.1. The third-order valence-electron chi connectivity index (χ3n) is 4.91. The normalized spacial score (nSPS) is 20.7. The molecule has 5 N–H and O–H groups in total. The van der Waals surface area contributed by atoms with Crippen LogP contribution in [0, 0.1) is 5.41 Å². The van der Waals surface area contributed by atoms with Crippen molar-refractivity contribution in [3.05, 3.63) is 71.9 Å². The Kier molecular flexibility index (Phi) is 6.04. The van der Waals surface area contributed by atoms with Gasteiger partial charge in [-0.05, 0) is 42.0 Å².